The quantitative estimate of drug-likeness (QED) is 0.755. The number of thiazole rings is 1. The maximum absolute atomic E-state index is 5.98. The number of methoxy groups -OCH3 is 1. The Hall–Kier alpha value is -0.585. The summed E-state index contributed by atoms with van der Waals surface area (Å²) in [7, 11) is 1.27. The summed E-state index contributed by atoms with van der Waals surface area (Å²) in [6.07, 6.45) is 0. The van der Waals surface area contributed by atoms with E-state index in [4.69, 9.17) is 14.0 Å². The molecule has 1 aromatic rings. The Morgan fingerprint density at radius 1 is 1.18 bits per heavy atom. The molecule has 0 N–H and O–H groups in total. The Balaban J connectivity index is 2.28. The molecule has 0 atom stereocenters. The lowest BCUT2D eigenvalue weighted by Gasteiger charge is -2.32. The molecule has 0 radical (unpaired) electrons. The van der Waals surface area contributed by atoms with Crippen LogP contribution < -0.4 is 9.51 Å². The fraction of sp³-hybridized carbons (Fsp3) is 0.727. The zero-order valence-electron chi connectivity index (χ0n) is 11.2. The van der Waals surface area contributed by atoms with Crippen molar-refractivity contribution in [3.8, 4) is 5.19 Å². The van der Waals surface area contributed by atoms with E-state index in [1.54, 1.807) is 7.11 Å². The van der Waals surface area contributed by atoms with Crippen LogP contribution in [0, 0.1) is 6.92 Å². The molecule has 2 heterocycles. The van der Waals surface area contributed by atoms with Gasteiger partial charge in [0.15, 0.2) is 0 Å². The molecule has 0 amide bonds. The number of nitrogens with zero attached hydrogens (tertiary/aromatic N) is 1. The average Bonchev–Trinajstić information content (AvgIpc) is 2.66. The number of hydrogen-bond acceptors (Lipinski definition) is 5. The first-order chi connectivity index (χ1) is 7.77. The third-order valence-corrected chi connectivity index (χ3v) is 4.60. The number of aromatic nitrogens is 1. The van der Waals surface area contributed by atoms with E-state index in [1.165, 1.54) is 11.3 Å². The van der Waals surface area contributed by atoms with Crippen molar-refractivity contribution < 1.29 is 14.0 Å². The van der Waals surface area contributed by atoms with Gasteiger partial charge in [-0.25, -0.2) is 4.98 Å². The smallest absolute Gasteiger partial charge is 0.473 e. The van der Waals surface area contributed by atoms with Crippen molar-refractivity contribution in [1.29, 1.82) is 0 Å². The highest BCUT2D eigenvalue weighted by Crippen LogP contribution is 2.37. The van der Waals surface area contributed by atoms with E-state index >= 15 is 0 Å². The van der Waals surface area contributed by atoms with Gasteiger partial charge in [-0.05, 0) is 34.6 Å². The minimum absolute atomic E-state index is 0.318. The minimum atomic E-state index is -0.346. The maximum Gasteiger partial charge on any atom is 0.507 e. The molecule has 1 aliphatic heterocycles. The topological polar surface area (TPSA) is 40.6 Å². The zero-order valence-corrected chi connectivity index (χ0v) is 12.0. The van der Waals surface area contributed by atoms with Crippen molar-refractivity contribution >= 4 is 23.2 Å². The van der Waals surface area contributed by atoms with Gasteiger partial charge in [0.1, 0.15) is 0 Å². The summed E-state index contributed by atoms with van der Waals surface area (Å²) in [5, 5.41) is 0.646. The fourth-order valence-electron chi connectivity index (χ4n) is 1.64. The summed E-state index contributed by atoms with van der Waals surface area (Å²) < 4.78 is 18.1. The highest BCUT2D eigenvalue weighted by Gasteiger charge is 2.52. The van der Waals surface area contributed by atoms with Gasteiger partial charge in [-0.3, -0.25) is 0 Å². The third kappa shape index (κ3) is 2.09. The SMILES string of the molecule is COc1nc(C)c(B2OC(C)(C)C(C)(C)O2)s1. The van der Waals surface area contributed by atoms with Crippen LogP contribution in [0.5, 0.6) is 5.19 Å². The van der Waals surface area contributed by atoms with Crippen LogP contribution in [0.3, 0.4) is 0 Å². The Labute approximate surface area is 106 Å². The second-order valence-electron chi connectivity index (χ2n) is 5.22. The minimum Gasteiger partial charge on any atom is -0.473 e. The van der Waals surface area contributed by atoms with E-state index in [0.29, 0.717) is 5.19 Å². The van der Waals surface area contributed by atoms with Crippen LogP contribution in [-0.2, 0) is 9.31 Å². The summed E-state index contributed by atoms with van der Waals surface area (Å²) in [6.45, 7) is 10.1. The lowest BCUT2D eigenvalue weighted by molar-refractivity contribution is 0.00578. The molecule has 1 saturated heterocycles. The molecule has 0 unspecified atom stereocenters. The van der Waals surface area contributed by atoms with E-state index in [9.17, 15) is 0 Å². The van der Waals surface area contributed by atoms with Gasteiger partial charge < -0.3 is 14.0 Å². The van der Waals surface area contributed by atoms with E-state index in [0.717, 1.165) is 10.5 Å². The fourth-order valence-corrected chi connectivity index (χ4v) is 2.48. The van der Waals surface area contributed by atoms with Crippen LogP contribution >= 0.6 is 11.3 Å². The van der Waals surface area contributed by atoms with Crippen LogP contribution in [0.2, 0.25) is 0 Å². The van der Waals surface area contributed by atoms with Gasteiger partial charge in [-0.1, -0.05) is 11.3 Å². The van der Waals surface area contributed by atoms with Crippen LogP contribution in [0.4, 0.5) is 0 Å². The second-order valence-corrected chi connectivity index (χ2v) is 6.21. The summed E-state index contributed by atoms with van der Waals surface area (Å²) in [5.74, 6) is 0. The molecule has 2 rings (SSSR count). The van der Waals surface area contributed by atoms with E-state index in [1.807, 2.05) is 34.6 Å². The van der Waals surface area contributed by atoms with Crippen LogP contribution in [0.15, 0.2) is 0 Å². The van der Waals surface area contributed by atoms with Crippen molar-refractivity contribution in [2.24, 2.45) is 0 Å². The third-order valence-electron chi connectivity index (χ3n) is 3.45. The average molecular weight is 255 g/mol. The van der Waals surface area contributed by atoms with E-state index in [2.05, 4.69) is 4.98 Å². The molecule has 17 heavy (non-hydrogen) atoms. The van der Waals surface area contributed by atoms with Gasteiger partial charge >= 0.3 is 7.12 Å². The van der Waals surface area contributed by atoms with Gasteiger partial charge in [0, 0.05) is 0 Å². The van der Waals surface area contributed by atoms with Gasteiger partial charge in [0.25, 0.3) is 5.19 Å². The standard InChI is InChI=1S/C11H18BNO3S/c1-7-8(17-9(13-7)14-6)12-15-10(2,3)11(4,5)16-12/h1-6H3. The Kier molecular flexibility index (Phi) is 3.00. The molecular weight excluding hydrogens is 237 g/mol. The number of rotatable bonds is 2. The summed E-state index contributed by atoms with van der Waals surface area (Å²) in [6, 6.07) is 0. The Morgan fingerprint density at radius 3 is 2.12 bits per heavy atom. The first kappa shape index (κ1) is 12.9. The monoisotopic (exact) mass is 255 g/mol. The Morgan fingerprint density at radius 2 is 1.71 bits per heavy atom. The molecule has 94 valence electrons. The molecule has 0 aromatic carbocycles. The Bertz CT molecular complexity index is 414. The van der Waals surface area contributed by atoms with Gasteiger partial charge in [0.2, 0.25) is 0 Å². The molecule has 0 bridgehead atoms. The number of ether oxygens (including phenoxy) is 1. The predicted molar refractivity (Wildman–Crippen MR) is 69.1 cm³/mol. The number of hydrogen-bond donors (Lipinski definition) is 0. The van der Waals surface area contributed by atoms with Gasteiger partial charge in [-0.15, -0.1) is 0 Å². The first-order valence-corrected chi connectivity index (χ1v) is 6.45. The van der Waals surface area contributed by atoms with Crippen LogP contribution in [0.1, 0.15) is 33.4 Å². The predicted octanol–water partition coefficient (Wildman–Crippen LogP) is 1.76. The zero-order chi connectivity index (χ0) is 12.8. The molecule has 0 spiro atoms. The van der Waals surface area contributed by atoms with Crippen molar-refractivity contribution in [1.82, 2.24) is 4.98 Å². The highest BCUT2D eigenvalue weighted by atomic mass is 32.1. The summed E-state index contributed by atoms with van der Waals surface area (Å²) >= 11 is 1.47. The lowest BCUT2D eigenvalue weighted by Crippen LogP contribution is -2.41. The molecule has 0 aliphatic carbocycles. The normalized spacial score (nSPS) is 21.9. The van der Waals surface area contributed by atoms with Crippen molar-refractivity contribution in [2.75, 3.05) is 7.11 Å². The van der Waals surface area contributed by atoms with Gasteiger partial charge in [0.05, 0.1) is 28.8 Å². The highest BCUT2D eigenvalue weighted by molar-refractivity contribution is 7.23. The first-order valence-electron chi connectivity index (χ1n) is 5.64. The van der Waals surface area contributed by atoms with Crippen molar-refractivity contribution in [3.63, 3.8) is 0 Å². The maximum atomic E-state index is 5.98. The summed E-state index contributed by atoms with van der Waals surface area (Å²) in [5.41, 5.74) is 0.271. The molecular formula is C11H18BNO3S. The van der Waals surface area contributed by atoms with Gasteiger partial charge in [-0.2, -0.15) is 0 Å². The lowest BCUT2D eigenvalue weighted by atomic mass is 9.86. The largest absolute Gasteiger partial charge is 0.507 e. The van der Waals surface area contributed by atoms with E-state index in [-0.39, 0.29) is 18.3 Å². The molecule has 4 nitrogen and oxygen atoms in total. The number of aryl methyl sites for hydroxylation is 1. The molecule has 0 saturated carbocycles. The van der Waals surface area contributed by atoms with E-state index < -0.39 is 0 Å². The summed E-state index contributed by atoms with van der Waals surface area (Å²) in [4.78, 5) is 4.31. The van der Waals surface area contributed by atoms with Crippen LogP contribution in [0.25, 0.3) is 0 Å². The molecule has 1 aliphatic rings. The van der Waals surface area contributed by atoms with Crippen molar-refractivity contribution in [2.45, 2.75) is 45.8 Å². The van der Waals surface area contributed by atoms with Crippen molar-refractivity contribution in [3.05, 3.63) is 5.69 Å². The molecule has 1 aromatic heterocycles. The van der Waals surface area contributed by atoms with Crippen LogP contribution in [-0.4, -0.2) is 30.4 Å². The second kappa shape index (κ2) is 3.97. The molecule has 1 fully saturated rings. The molecule has 6 heteroatoms.